The highest BCUT2D eigenvalue weighted by molar-refractivity contribution is 5.40. The maximum atomic E-state index is 5.93. The third-order valence-electron chi connectivity index (χ3n) is 4.25. The molecule has 25 heavy (non-hydrogen) atoms. The van der Waals surface area contributed by atoms with Crippen LogP contribution in [0.1, 0.15) is 5.56 Å². The Labute approximate surface area is 146 Å². The van der Waals surface area contributed by atoms with Crippen molar-refractivity contribution in [3.63, 3.8) is 0 Å². The van der Waals surface area contributed by atoms with Crippen LogP contribution in [0.3, 0.4) is 0 Å². The fourth-order valence-corrected chi connectivity index (χ4v) is 2.91. The van der Waals surface area contributed by atoms with Crippen LogP contribution in [0.2, 0.25) is 0 Å². The molecule has 0 spiro atoms. The third-order valence-corrected chi connectivity index (χ3v) is 4.25. The molecule has 2 aliphatic heterocycles. The van der Waals surface area contributed by atoms with Crippen LogP contribution in [0.5, 0.6) is 11.5 Å². The summed E-state index contributed by atoms with van der Waals surface area (Å²) in [4.78, 5) is 11.1. The van der Waals surface area contributed by atoms with Gasteiger partial charge in [0.05, 0.1) is 13.2 Å². The van der Waals surface area contributed by atoms with Gasteiger partial charge in [-0.25, -0.2) is 9.97 Å². The first kappa shape index (κ1) is 16.1. The monoisotopic (exact) mass is 342 g/mol. The van der Waals surface area contributed by atoms with Gasteiger partial charge < -0.3 is 24.4 Å². The Kier molecular flexibility index (Phi) is 4.94. The van der Waals surface area contributed by atoms with Crippen LogP contribution in [-0.2, 0) is 11.3 Å². The fraction of sp³-hybridized carbons (Fsp3) is 0.444. The van der Waals surface area contributed by atoms with Gasteiger partial charge in [0.1, 0.15) is 12.7 Å². The van der Waals surface area contributed by atoms with Crippen LogP contribution in [0, 0.1) is 0 Å². The van der Waals surface area contributed by atoms with E-state index in [1.54, 1.807) is 0 Å². The summed E-state index contributed by atoms with van der Waals surface area (Å²) in [6.45, 7) is 5.12. The van der Waals surface area contributed by atoms with Gasteiger partial charge in [-0.05, 0) is 12.1 Å². The molecule has 4 rings (SSSR count). The molecule has 0 saturated carbocycles. The lowest BCUT2D eigenvalue weighted by Crippen LogP contribution is -2.38. The van der Waals surface area contributed by atoms with Crippen LogP contribution in [0.15, 0.2) is 36.7 Å². The van der Waals surface area contributed by atoms with Gasteiger partial charge in [0, 0.05) is 44.1 Å². The number of aromatic nitrogens is 2. The topological polar surface area (TPSA) is 68.7 Å². The van der Waals surface area contributed by atoms with Gasteiger partial charge in [0.25, 0.3) is 0 Å². The molecule has 0 aliphatic carbocycles. The number of fused-ring (bicyclic) bond motifs is 1. The average molecular weight is 342 g/mol. The average Bonchev–Trinajstić information content (AvgIpc) is 2.69. The minimum atomic E-state index is 0.00319. The summed E-state index contributed by atoms with van der Waals surface area (Å²) in [5, 5.41) is 3.38. The van der Waals surface area contributed by atoms with E-state index in [1.807, 2.05) is 36.7 Å². The second kappa shape index (κ2) is 7.67. The minimum absolute atomic E-state index is 0.00319. The lowest BCUT2D eigenvalue weighted by atomic mass is 10.2. The molecule has 132 valence electrons. The molecule has 0 bridgehead atoms. The van der Waals surface area contributed by atoms with Crippen LogP contribution >= 0.6 is 0 Å². The second-order valence-corrected chi connectivity index (χ2v) is 6.12. The van der Waals surface area contributed by atoms with Crippen molar-refractivity contribution in [2.24, 2.45) is 0 Å². The number of nitrogens with zero attached hydrogens (tertiary/aromatic N) is 3. The normalized spacial score (nSPS) is 19.7. The molecular formula is C18H22N4O3. The van der Waals surface area contributed by atoms with Crippen molar-refractivity contribution in [3.8, 4) is 11.5 Å². The Bertz CT molecular complexity index is 689. The van der Waals surface area contributed by atoms with Crippen LogP contribution in [0.4, 0.5) is 5.95 Å². The largest absolute Gasteiger partial charge is 0.486 e. The first-order valence-corrected chi connectivity index (χ1v) is 8.61. The highest BCUT2D eigenvalue weighted by Gasteiger charge is 2.20. The highest BCUT2D eigenvalue weighted by atomic mass is 16.6. The van der Waals surface area contributed by atoms with Crippen molar-refractivity contribution < 1.29 is 14.2 Å². The molecule has 1 aromatic carbocycles. The molecule has 0 amide bonds. The Balaban J connectivity index is 1.25. The standard InChI is InChI=1S/C18H22N4O3/c1-2-4-17-16(3-1)24-13-15(25-17)12-19-9-14-10-20-18(21-11-14)22-5-7-23-8-6-22/h1-4,10-11,15,19H,5-9,12-13H2. The highest BCUT2D eigenvalue weighted by Crippen LogP contribution is 2.30. The number of para-hydroxylation sites is 2. The SMILES string of the molecule is c1ccc2c(c1)OCC(CNCc1cnc(N3CCOCC3)nc1)O2. The first-order valence-electron chi connectivity index (χ1n) is 8.61. The molecule has 0 radical (unpaired) electrons. The Morgan fingerprint density at radius 1 is 1.08 bits per heavy atom. The van der Waals surface area contributed by atoms with Gasteiger partial charge in [0.2, 0.25) is 5.95 Å². The van der Waals surface area contributed by atoms with Gasteiger partial charge >= 0.3 is 0 Å². The Morgan fingerprint density at radius 2 is 1.84 bits per heavy atom. The molecular weight excluding hydrogens is 320 g/mol. The van der Waals surface area contributed by atoms with Crippen molar-refractivity contribution >= 4 is 5.95 Å². The molecule has 1 fully saturated rings. The van der Waals surface area contributed by atoms with E-state index in [0.29, 0.717) is 19.7 Å². The molecule has 7 heteroatoms. The molecule has 1 aromatic heterocycles. The number of anilines is 1. The summed E-state index contributed by atoms with van der Waals surface area (Å²) in [7, 11) is 0. The number of benzene rings is 1. The third kappa shape index (κ3) is 4.00. The molecule has 1 saturated heterocycles. The summed E-state index contributed by atoms with van der Waals surface area (Å²) in [5.41, 5.74) is 1.05. The van der Waals surface area contributed by atoms with E-state index >= 15 is 0 Å². The summed E-state index contributed by atoms with van der Waals surface area (Å²) >= 11 is 0. The molecule has 7 nitrogen and oxygen atoms in total. The molecule has 1 unspecified atom stereocenters. The van der Waals surface area contributed by atoms with E-state index in [2.05, 4.69) is 20.2 Å². The zero-order chi connectivity index (χ0) is 16.9. The summed E-state index contributed by atoms with van der Waals surface area (Å²) in [6, 6.07) is 7.75. The first-order chi connectivity index (χ1) is 12.4. The van der Waals surface area contributed by atoms with Crippen molar-refractivity contribution in [2.45, 2.75) is 12.6 Å². The fourth-order valence-electron chi connectivity index (χ4n) is 2.91. The van der Waals surface area contributed by atoms with Crippen molar-refractivity contribution in [1.29, 1.82) is 0 Å². The lowest BCUT2D eigenvalue weighted by molar-refractivity contribution is 0.0902. The number of ether oxygens (including phenoxy) is 3. The summed E-state index contributed by atoms with van der Waals surface area (Å²) in [5.74, 6) is 2.39. The van der Waals surface area contributed by atoms with Gasteiger partial charge in [-0.2, -0.15) is 0 Å². The quantitative estimate of drug-likeness (QED) is 0.877. The van der Waals surface area contributed by atoms with Gasteiger partial charge in [-0.15, -0.1) is 0 Å². The zero-order valence-electron chi connectivity index (χ0n) is 14.1. The number of hydrogen-bond acceptors (Lipinski definition) is 7. The maximum Gasteiger partial charge on any atom is 0.225 e. The van der Waals surface area contributed by atoms with Gasteiger partial charge in [0.15, 0.2) is 11.5 Å². The number of rotatable bonds is 5. The van der Waals surface area contributed by atoms with E-state index in [4.69, 9.17) is 14.2 Å². The molecule has 3 heterocycles. The smallest absolute Gasteiger partial charge is 0.225 e. The minimum Gasteiger partial charge on any atom is -0.486 e. The summed E-state index contributed by atoms with van der Waals surface area (Å²) < 4.78 is 17.0. The molecule has 1 atom stereocenters. The van der Waals surface area contributed by atoms with Crippen LogP contribution < -0.4 is 19.7 Å². The molecule has 1 N–H and O–H groups in total. The zero-order valence-corrected chi connectivity index (χ0v) is 14.1. The van der Waals surface area contributed by atoms with Gasteiger partial charge in [-0.1, -0.05) is 12.1 Å². The maximum absolute atomic E-state index is 5.93. The molecule has 2 aromatic rings. The molecule has 2 aliphatic rings. The van der Waals surface area contributed by atoms with E-state index in [1.165, 1.54) is 0 Å². The number of morpholine rings is 1. The Hall–Kier alpha value is -2.38. The second-order valence-electron chi connectivity index (χ2n) is 6.12. The predicted molar refractivity (Wildman–Crippen MR) is 93.1 cm³/mol. The lowest BCUT2D eigenvalue weighted by Gasteiger charge is -2.27. The van der Waals surface area contributed by atoms with Crippen molar-refractivity contribution in [3.05, 3.63) is 42.2 Å². The number of nitrogens with one attached hydrogen (secondary N) is 1. The van der Waals surface area contributed by atoms with Gasteiger partial charge in [-0.3, -0.25) is 0 Å². The van der Waals surface area contributed by atoms with E-state index in [9.17, 15) is 0 Å². The van der Waals surface area contributed by atoms with E-state index in [0.717, 1.165) is 49.3 Å². The summed E-state index contributed by atoms with van der Waals surface area (Å²) in [6.07, 6.45) is 3.75. The van der Waals surface area contributed by atoms with E-state index < -0.39 is 0 Å². The van der Waals surface area contributed by atoms with Crippen LogP contribution in [-0.4, -0.2) is 55.5 Å². The van der Waals surface area contributed by atoms with Crippen LogP contribution in [0.25, 0.3) is 0 Å². The Morgan fingerprint density at radius 3 is 2.64 bits per heavy atom. The van der Waals surface area contributed by atoms with Crippen molar-refractivity contribution in [1.82, 2.24) is 15.3 Å². The number of hydrogen-bond donors (Lipinski definition) is 1. The van der Waals surface area contributed by atoms with Crippen molar-refractivity contribution in [2.75, 3.05) is 44.4 Å². The van der Waals surface area contributed by atoms with E-state index in [-0.39, 0.29) is 6.10 Å². The predicted octanol–water partition coefficient (Wildman–Crippen LogP) is 1.24.